The first-order valence-corrected chi connectivity index (χ1v) is 12.8. The van der Waals surface area contributed by atoms with Gasteiger partial charge in [-0.25, -0.2) is 0 Å². The minimum Gasteiger partial charge on any atom is -0.483 e. The highest BCUT2D eigenvalue weighted by molar-refractivity contribution is 7.50. The van der Waals surface area contributed by atoms with Crippen LogP contribution in [0, 0.1) is 0 Å². The number of rotatable bonds is 7. The summed E-state index contributed by atoms with van der Waals surface area (Å²) in [4.78, 5) is 35.6. The maximum Gasteiger partial charge on any atom is 0.330 e. The lowest BCUT2D eigenvalue weighted by Gasteiger charge is -2.44. The molecule has 1 aliphatic rings. The minimum absolute atomic E-state index is 0.00519. The second-order valence-corrected chi connectivity index (χ2v) is 10.7. The maximum atomic E-state index is 12.9. The van der Waals surface area contributed by atoms with Gasteiger partial charge in [0, 0.05) is 47.3 Å². The van der Waals surface area contributed by atoms with E-state index in [0.717, 1.165) is 18.7 Å². The first-order valence-electron chi connectivity index (χ1n) is 10.3. The predicted molar refractivity (Wildman–Crippen MR) is 125 cm³/mol. The fourth-order valence-corrected chi connectivity index (χ4v) is 4.86. The Morgan fingerprint density at radius 1 is 1.06 bits per heavy atom. The van der Waals surface area contributed by atoms with Crippen LogP contribution in [0.4, 0.5) is 0 Å². The molecule has 1 fully saturated rings. The zero-order valence-corrected chi connectivity index (χ0v) is 20.4. The molecule has 0 saturated carbocycles. The van der Waals surface area contributed by atoms with Crippen LogP contribution < -0.4 is 4.74 Å². The molecule has 7 nitrogen and oxygen atoms in total. The third-order valence-electron chi connectivity index (χ3n) is 5.48. The molecule has 32 heavy (non-hydrogen) atoms. The summed E-state index contributed by atoms with van der Waals surface area (Å²) in [7, 11) is -4.31. The van der Waals surface area contributed by atoms with Crippen molar-refractivity contribution in [3.05, 3.63) is 63.6 Å². The Kier molecular flexibility index (Phi) is 8.26. The van der Waals surface area contributed by atoms with Gasteiger partial charge in [-0.3, -0.25) is 14.3 Å². The van der Waals surface area contributed by atoms with E-state index in [4.69, 9.17) is 27.9 Å². The lowest BCUT2D eigenvalue weighted by molar-refractivity contribution is -0.139. The number of halogens is 2. The van der Waals surface area contributed by atoms with Crippen LogP contribution in [0.5, 0.6) is 5.75 Å². The van der Waals surface area contributed by atoms with Crippen LogP contribution >= 0.6 is 30.8 Å². The van der Waals surface area contributed by atoms with Crippen LogP contribution in [-0.4, -0.2) is 57.3 Å². The molecule has 0 radical (unpaired) electrons. The normalized spacial score (nSPS) is 19.8. The molecule has 1 amide bonds. The number of hydrogen-bond donors (Lipinski definition) is 2. The molecule has 2 aromatic rings. The summed E-state index contributed by atoms with van der Waals surface area (Å²) in [5, 5.41) is 1.04. The highest BCUT2D eigenvalue weighted by Crippen LogP contribution is 2.42. The quantitative estimate of drug-likeness (QED) is 0.554. The Morgan fingerprint density at radius 3 is 2.38 bits per heavy atom. The van der Waals surface area contributed by atoms with E-state index in [-0.39, 0.29) is 35.9 Å². The molecule has 3 rings (SSSR count). The number of piperazine rings is 1. The van der Waals surface area contributed by atoms with Gasteiger partial charge in [0.15, 0.2) is 6.61 Å². The molecular weight excluding hydrogens is 474 g/mol. The van der Waals surface area contributed by atoms with Crippen molar-refractivity contribution in [2.24, 2.45) is 0 Å². The van der Waals surface area contributed by atoms with Crippen molar-refractivity contribution in [1.29, 1.82) is 0 Å². The molecule has 2 aromatic carbocycles. The van der Waals surface area contributed by atoms with E-state index < -0.39 is 13.8 Å². The van der Waals surface area contributed by atoms with Gasteiger partial charge in [-0.1, -0.05) is 35.3 Å². The van der Waals surface area contributed by atoms with E-state index in [1.807, 2.05) is 31.2 Å². The van der Waals surface area contributed by atoms with Crippen LogP contribution in [0.3, 0.4) is 0 Å². The third-order valence-corrected chi connectivity index (χ3v) is 6.72. The first-order chi connectivity index (χ1) is 15.0. The molecule has 0 bridgehead atoms. The van der Waals surface area contributed by atoms with Crippen LogP contribution in [-0.2, 0) is 22.1 Å². The van der Waals surface area contributed by atoms with E-state index in [9.17, 15) is 19.1 Å². The van der Waals surface area contributed by atoms with Gasteiger partial charge in [0.2, 0.25) is 0 Å². The topological polar surface area (TPSA) is 90.3 Å². The second-order valence-electron chi connectivity index (χ2n) is 8.16. The lowest BCUT2D eigenvalue weighted by atomic mass is 10.1. The second kappa shape index (κ2) is 10.6. The number of amides is 1. The van der Waals surface area contributed by atoms with Crippen LogP contribution in [0.1, 0.15) is 25.0 Å². The van der Waals surface area contributed by atoms with Crippen molar-refractivity contribution in [3.63, 3.8) is 0 Å². The average Bonchev–Trinajstić information content (AvgIpc) is 2.70. The predicted octanol–water partition coefficient (Wildman–Crippen LogP) is 4.17. The number of benzene rings is 2. The average molecular weight is 501 g/mol. The summed E-state index contributed by atoms with van der Waals surface area (Å²) in [5.41, 5.74) is 1.43. The Balaban J connectivity index is 1.61. The Morgan fingerprint density at radius 2 is 1.72 bits per heavy atom. The molecule has 174 valence electrons. The number of hydrogen-bond acceptors (Lipinski definition) is 4. The van der Waals surface area contributed by atoms with Gasteiger partial charge in [-0.2, -0.15) is 0 Å². The van der Waals surface area contributed by atoms with E-state index in [2.05, 4.69) is 11.8 Å². The molecule has 10 heteroatoms. The minimum atomic E-state index is -4.31. The van der Waals surface area contributed by atoms with Crippen LogP contribution in [0.15, 0.2) is 42.5 Å². The van der Waals surface area contributed by atoms with E-state index in [1.165, 1.54) is 12.1 Å². The monoisotopic (exact) mass is 500 g/mol. The van der Waals surface area contributed by atoms with Gasteiger partial charge in [-0.05, 0) is 49.7 Å². The largest absolute Gasteiger partial charge is 0.483 e. The zero-order valence-electron chi connectivity index (χ0n) is 17.9. The highest BCUT2D eigenvalue weighted by Gasteiger charge is 2.32. The number of carbonyl (C=O) groups excluding carboxylic acids is 1. The molecule has 1 aliphatic heterocycles. The lowest BCUT2D eigenvalue weighted by Crippen LogP contribution is -2.58. The van der Waals surface area contributed by atoms with Crippen molar-refractivity contribution in [2.45, 2.75) is 38.6 Å². The third kappa shape index (κ3) is 6.95. The van der Waals surface area contributed by atoms with Gasteiger partial charge in [0.25, 0.3) is 5.91 Å². The van der Waals surface area contributed by atoms with Crippen LogP contribution in [0.25, 0.3) is 0 Å². The van der Waals surface area contributed by atoms with Gasteiger partial charge < -0.3 is 19.4 Å². The van der Waals surface area contributed by atoms with E-state index in [1.54, 1.807) is 11.0 Å². The maximum absolute atomic E-state index is 12.9. The zero-order chi connectivity index (χ0) is 23.5. The molecular formula is C22H27Cl2N2O5P. The van der Waals surface area contributed by atoms with Gasteiger partial charge >= 0.3 is 7.60 Å². The number of nitrogens with zero attached hydrogens (tertiary/aromatic N) is 2. The number of carbonyl (C=O) groups is 1. The molecule has 2 N–H and O–H groups in total. The van der Waals surface area contributed by atoms with Gasteiger partial charge in [-0.15, -0.1) is 0 Å². The Hall–Kier alpha value is -1.60. The fraction of sp³-hybridized carbons (Fsp3) is 0.409. The summed E-state index contributed by atoms with van der Waals surface area (Å²) in [6, 6.07) is 12.4. The molecule has 0 aromatic heterocycles. The molecule has 2 atom stereocenters. The molecule has 1 heterocycles. The summed E-state index contributed by atoms with van der Waals surface area (Å²) < 4.78 is 17.1. The SMILES string of the molecule is C[C@@H]1CN(Cc2ccc(Cl)cc2)[C@@H](C)CN1C(=O)COc1ccc(Cl)cc1CP(=O)(O)O. The summed E-state index contributed by atoms with van der Waals surface area (Å²) in [5.74, 6) is 0.0701. The standard InChI is InChI=1S/C22H27Cl2N2O5P/c1-15-11-26(16(2)10-25(15)12-17-3-5-19(23)6-4-17)22(27)13-31-21-8-7-20(24)9-18(21)14-32(28,29)30/h3-9,15-16H,10-14H2,1-2H3,(H2,28,29,30)/t15-,16+/m0/s1. The summed E-state index contributed by atoms with van der Waals surface area (Å²) in [6.07, 6.45) is -0.506. The first kappa shape index (κ1) is 25.0. The van der Waals surface area contributed by atoms with E-state index >= 15 is 0 Å². The Bertz CT molecular complexity index is 998. The highest BCUT2D eigenvalue weighted by atomic mass is 35.5. The van der Waals surface area contributed by atoms with Crippen molar-refractivity contribution in [3.8, 4) is 5.75 Å². The van der Waals surface area contributed by atoms with E-state index in [0.29, 0.717) is 16.6 Å². The van der Waals surface area contributed by atoms with Gasteiger partial charge in [0.1, 0.15) is 5.75 Å². The van der Waals surface area contributed by atoms with Crippen molar-refractivity contribution >= 4 is 36.7 Å². The summed E-state index contributed by atoms with van der Waals surface area (Å²) >= 11 is 11.9. The van der Waals surface area contributed by atoms with Gasteiger partial charge in [0.05, 0.1) is 6.16 Å². The molecule has 0 unspecified atom stereocenters. The molecule has 0 aliphatic carbocycles. The number of ether oxygens (including phenoxy) is 1. The van der Waals surface area contributed by atoms with Crippen molar-refractivity contribution in [1.82, 2.24) is 9.80 Å². The summed E-state index contributed by atoms with van der Waals surface area (Å²) in [6.45, 7) is 5.93. The molecule has 0 spiro atoms. The smallest absolute Gasteiger partial charge is 0.330 e. The molecule has 1 saturated heterocycles. The fourth-order valence-electron chi connectivity index (χ4n) is 3.85. The Labute approximate surface area is 198 Å². The van der Waals surface area contributed by atoms with Crippen molar-refractivity contribution < 1.29 is 23.9 Å². The van der Waals surface area contributed by atoms with Crippen molar-refractivity contribution in [2.75, 3.05) is 19.7 Å². The van der Waals surface area contributed by atoms with Crippen LogP contribution in [0.2, 0.25) is 10.0 Å².